The lowest BCUT2D eigenvalue weighted by Gasteiger charge is -2.17. The highest BCUT2D eigenvalue weighted by molar-refractivity contribution is 5.98. The molecule has 6 nitrogen and oxygen atoms in total. The summed E-state index contributed by atoms with van der Waals surface area (Å²) in [5, 5.41) is 2.51. The van der Waals surface area contributed by atoms with Crippen molar-refractivity contribution in [1.29, 1.82) is 0 Å². The molecule has 0 aliphatic carbocycles. The van der Waals surface area contributed by atoms with Crippen LogP contribution in [-0.2, 0) is 22.3 Å². The Bertz CT molecular complexity index is 865. The fourth-order valence-corrected chi connectivity index (χ4v) is 3.07. The average molecular weight is 410 g/mol. The first-order valence-corrected chi connectivity index (χ1v) is 9.23. The van der Waals surface area contributed by atoms with E-state index in [0.717, 1.165) is 12.1 Å². The van der Waals surface area contributed by atoms with E-state index in [4.69, 9.17) is 9.15 Å². The summed E-state index contributed by atoms with van der Waals surface area (Å²) < 4.78 is 49.9. The molecule has 29 heavy (non-hydrogen) atoms. The number of halogens is 3. The van der Waals surface area contributed by atoms with E-state index in [-0.39, 0.29) is 36.9 Å². The number of rotatable bonds is 7. The van der Waals surface area contributed by atoms with Gasteiger partial charge < -0.3 is 19.4 Å². The third-order valence-corrected chi connectivity index (χ3v) is 4.54. The van der Waals surface area contributed by atoms with Crippen molar-refractivity contribution >= 4 is 17.5 Å². The second-order valence-electron chi connectivity index (χ2n) is 6.80. The Morgan fingerprint density at radius 2 is 2.14 bits per heavy atom. The molecule has 1 aromatic carbocycles. The first-order chi connectivity index (χ1) is 13.8. The number of alkyl halides is 3. The average Bonchev–Trinajstić information content (AvgIpc) is 3.30. The van der Waals surface area contributed by atoms with E-state index in [1.165, 1.54) is 17.2 Å². The van der Waals surface area contributed by atoms with Gasteiger partial charge in [0.05, 0.1) is 36.6 Å². The largest absolute Gasteiger partial charge is 0.491 e. The minimum absolute atomic E-state index is 0.0172. The Balaban J connectivity index is 1.72. The van der Waals surface area contributed by atoms with Gasteiger partial charge in [-0.3, -0.25) is 9.59 Å². The molecule has 0 unspecified atom stereocenters. The molecule has 3 rings (SSSR count). The van der Waals surface area contributed by atoms with Crippen LogP contribution in [0, 0.1) is 5.92 Å². The molecule has 1 aliphatic rings. The third kappa shape index (κ3) is 5.10. The fraction of sp³-hybridized carbons (Fsp3) is 0.400. The van der Waals surface area contributed by atoms with E-state index in [0.29, 0.717) is 18.8 Å². The van der Waals surface area contributed by atoms with Crippen LogP contribution in [0.15, 0.2) is 41.0 Å². The zero-order valence-electron chi connectivity index (χ0n) is 15.8. The van der Waals surface area contributed by atoms with Crippen LogP contribution in [-0.4, -0.2) is 29.9 Å². The van der Waals surface area contributed by atoms with Crippen LogP contribution in [0.25, 0.3) is 0 Å². The van der Waals surface area contributed by atoms with Crippen molar-refractivity contribution in [3.05, 3.63) is 47.9 Å². The molecule has 1 atom stereocenters. The molecular weight excluding hydrogens is 389 g/mol. The molecule has 1 aromatic heterocycles. The first-order valence-electron chi connectivity index (χ1n) is 9.23. The monoisotopic (exact) mass is 410 g/mol. The summed E-state index contributed by atoms with van der Waals surface area (Å²) in [6.45, 7) is 2.56. The predicted octanol–water partition coefficient (Wildman–Crippen LogP) is 4.07. The van der Waals surface area contributed by atoms with Gasteiger partial charge in [-0.2, -0.15) is 13.2 Å². The third-order valence-electron chi connectivity index (χ3n) is 4.54. The lowest BCUT2D eigenvalue weighted by atomic mass is 10.1. The van der Waals surface area contributed by atoms with Crippen molar-refractivity contribution in [2.75, 3.05) is 18.5 Å². The normalized spacial score (nSPS) is 16.9. The van der Waals surface area contributed by atoms with Crippen LogP contribution < -0.4 is 10.1 Å². The van der Waals surface area contributed by atoms with E-state index in [1.54, 1.807) is 12.1 Å². The molecule has 9 heteroatoms. The number of amides is 2. The maximum Gasteiger partial charge on any atom is 0.416 e. The molecular formula is C20H21F3N2O4. The van der Waals surface area contributed by atoms with Gasteiger partial charge in [-0.15, -0.1) is 0 Å². The second-order valence-corrected chi connectivity index (χ2v) is 6.80. The maximum atomic E-state index is 13.1. The molecule has 1 saturated heterocycles. The number of likely N-dealkylation sites (tertiary alicyclic amines) is 1. The number of anilines is 1. The van der Waals surface area contributed by atoms with Crippen molar-refractivity contribution in [2.24, 2.45) is 5.92 Å². The van der Waals surface area contributed by atoms with E-state index >= 15 is 0 Å². The van der Waals surface area contributed by atoms with Gasteiger partial charge in [-0.25, -0.2) is 0 Å². The van der Waals surface area contributed by atoms with Gasteiger partial charge in [-0.1, -0.05) is 6.92 Å². The summed E-state index contributed by atoms with van der Waals surface area (Å²) in [5.74, 6) is -0.669. The number of hydrogen-bond acceptors (Lipinski definition) is 4. The minimum Gasteiger partial charge on any atom is -0.491 e. The van der Waals surface area contributed by atoms with Crippen molar-refractivity contribution in [1.82, 2.24) is 4.90 Å². The lowest BCUT2D eigenvalue weighted by Crippen LogP contribution is -2.28. The standard InChI is InChI=1S/C20H21F3N2O4/c1-2-7-29-17-6-5-14(20(21,22)23)10-16(17)24-19(27)13-9-18(26)25(11-13)12-15-4-3-8-28-15/h3-6,8,10,13H,2,7,9,11-12H2,1H3,(H,24,27)/t13-/m0/s1. The summed E-state index contributed by atoms with van der Waals surface area (Å²) >= 11 is 0. The van der Waals surface area contributed by atoms with Crippen LogP contribution >= 0.6 is 0 Å². The number of carbonyl (C=O) groups excluding carboxylic acids is 2. The van der Waals surface area contributed by atoms with Crippen molar-refractivity contribution in [3.8, 4) is 5.75 Å². The first kappa shape index (κ1) is 20.8. The highest BCUT2D eigenvalue weighted by Crippen LogP contribution is 2.35. The quantitative estimate of drug-likeness (QED) is 0.747. The predicted molar refractivity (Wildman–Crippen MR) is 98.1 cm³/mol. The molecule has 0 bridgehead atoms. The number of furan rings is 1. The molecule has 2 heterocycles. The summed E-state index contributed by atoms with van der Waals surface area (Å²) in [7, 11) is 0. The molecule has 2 amide bonds. The molecule has 0 spiro atoms. The Morgan fingerprint density at radius 3 is 2.79 bits per heavy atom. The molecule has 0 radical (unpaired) electrons. The van der Waals surface area contributed by atoms with Gasteiger partial charge in [0.1, 0.15) is 11.5 Å². The molecule has 0 saturated carbocycles. The minimum atomic E-state index is -4.55. The van der Waals surface area contributed by atoms with Gasteiger partial charge in [0.2, 0.25) is 11.8 Å². The van der Waals surface area contributed by atoms with Crippen molar-refractivity contribution in [3.63, 3.8) is 0 Å². The van der Waals surface area contributed by atoms with Crippen LogP contribution in [0.2, 0.25) is 0 Å². The van der Waals surface area contributed by atoms with Crippen LogP contribution in [0.3, 0.4) is 0 Å². The molecule has 1 aliphatic heterocycles. The number of ether oxygens (including phenoxy) is 1. The SMILES string of the molecule is CCCOc1ccc(C(F)(F)F)cc1NC(=O)[C@H]1CC(=O)N(Cc2ccco2)C1. The van der Waals surface area contributed by atoms with Crippen LogP contribution in [0.5, 0.6) is 5.75 Å². The van der Waals surface area contributed by atoms with E-state index in [1.807, 2.05) is 6.92 Å². The smallest absolute Gasteiger partial charge is 0.416 e. The number of hydrogen-bond donors (Lipinski definition) is 1. The Hall–Kier alpha value is -2.97. The molecule has 156 valence electrons. The molecule has 2 aromatic rings. The fourth-order valence-electron chi connectivity index (χ4n) is 3.07. The molecule has 1 N–H and O–H groups in total. The number of carbonyl (C=O) groups is 2. The summed E-state index contributed by atoms with van der Waals surface area (Å²) in [6, 6.07) is 6.37. The van der Waals surface area contributed by atoms with E-state index < -0.39 is 23.6 Å². The number of benzene rings is 1. The van der Waals surface area contributed by atoms with Gasteiger partial charge in [-0.05, 0) is 36.8 Å². The zero-order valence-corrected chi connectivity index (χ0v) is 15.8. The summed E-state index contributed by atoms with van der Waals surface area (Å²) in [6.07, 6.45) is -2.42. The molecule has 1 fully saturated rings. The van der Waals surface area contributed by atoms with Crippen LogP contribution in [0.1, 0.15) is 31.1 Å². The highest BCUT2D eigenvalue weighted by atomic mass is 19.4. The van der Waals surface area contributed by atoms with Gasteiger partial charge in [0.15, 0.2) is 0 Å². The van der Waals surface area contributed by atoms with E-state index in [9.17, 15) is 22.8 Å². The summed E-state index contributed by atoms with van der Waals surface area (Å²) in [4.78, 5) is 26.3. The maximum absolute atomic E-state index is 13.1. The number of nitrogens with one attached hydrogen (secondary N) is 1. The van der Waals surface area contributed by atoms with Crippen molar-refractivity contribution in [2.45, 2.75) is 32.5 Å². The van der Waals surface area contributed by atoms with Crippen molar-refractivity contribution < 1.29 is 31.9 Å². The summed E-state index contributed by atoms with van der Waals surface area (Å²) in [5.41, 5.74) is -0.950. The van der Waals surface area contributed by atoms with Gasteiger partial charge in [0.25, 0.3) is 0 Å². The Morgan fingerprint density at radius 1 is 1.34 bits per heavy atom. The van der Waals surface area contributed by atoms with Gasteiger partial charge in [0, 0.05) is 13.0 Å². The number of nitrogens with zero attached hydrogens (tertiary/aromatic N) is 1. The lowest BCUT2D eigenvalue weighted by molar-refractivity contribution is -0.137. The second kappa shape index (κ2) is 8.59. The van der Waals surface area contributed by atoms with Crippen LogP contribution in [0.4, 0.5) is 18.9 Å². The van der Waals surface area contributed by atoms with Gasteiger partial charge >= 0.3 is 6.18 Å². The topological polar surface area (TPSA) is 71.8 Å². The zero-order chi connectivity index (χ0) is 21.0. The highest BCUT2D eigenvalue weighted by Gasteiger charge is 2.36. The Kier molecular flexibility index (Phi) is 6.14. The van der Waals surface area contributed by atoms with E-state index in [2.05, 4.69) is 5.32 Å². The Labute approximate surface area is 165 Å².